The number of fused-ring (bicyclic) bond motifs is 1. The fourth-order valence-corrected chi connectivity index (χ4v) is 6.49. The van der Waals surface area contributed by atoms with E-state index in [0.717, 1.165) is 27.4 Å². The normalized spacial score (nSPS) is 15.4. The highest BCUT2D eigenvalue weighted by Gasteiger charge is 2.27. The number of nitrogens with zero attached hydrogens (tertiary/aromatic N) is 2. The lowest BCUT2D eigenvalue weighted by atomic mass is 10.1. The first kappa shape index (κ1) is 18.6. The third-order valence-electron chi connectivity index (χ3n) is 4.48. The molecule has 1 aliphatic rings. The Morgan fingerprint density at radius 2 is 1.78 bits per heavy atom. The number of aromatic nitrogens is 1. The summed E-state index contributed by atoms with van der Waals surface area (Å²) in [5.74, 6) is 0.238. The summed E-state index contributed by atoms with van der Waals surface area (Å²) in [4.78, 5) is 17.2. The van der Waals surface area contributed by atoms with Crippen molar-refractivity contribution in [3.63, 3.8) is 0 Å². The number of benzene rings is 2. The van der Waals surface area contributed by atoms with Crippen LogP contribution in [0, 0.1) is 0 Å². The topological polar surface area (TPSA) is 67.3 Å². The van der Waals surface area contributed by atoms with Crippen molar-refractivity contribution < 1.29 is 13.2 Å². The van der Waals surface area contributed by atoms with Gasteiger partial charge in [0.15, 0.2) is 10.1 Å². The van der Waals surface area contributed by atoms with Crippen LogP contribution in [0.1, 0.15) is 23.2 Å². The lowest BCUT2D eigenvalue weighted by Gasteiger charge is -2.15. The Labute approximate surface area is 166 Å². The molecule has 0 unspecified atom stereocenters. The molecule has 4 rings (SSSR count). The van der Waals surface area contributed by atoms with E-state index in [-0.39, 0.29) is 16.4 Å². The number of thiazole rings is 1. The SMILES string of the molecule is O=C(CSc1nc2ccccc2s1)c1ccc(S(=O)(=O)N2CCCC2)cc1. The van der Waals surface area contributed by atoms with E-state index in [4.69, 9.17) is 0 Å². The van der Waals surface area contributed by atoms with E-state index in [1.165, 1.54) is 28.2 Å². The van der Waals surface area contributed by atoms with Crippen LogP contribution in [0.3, 0.4) is 0 Å². The van der Waals surface area contributed by atoms with Crippen molar-refractivity contribution in [2.45, 2.75) is 22.1 Å². The highest BCUT2D eigenvalue weighted by Crippen LogP contribution is 2.30. The smallest absolute Gasteiger partial charge is 0.243 e. The average molecular weight is 419 g/mol. The summed E-state index contributed by atoms with van der Waals surface area (Å²) in [5, 5.41) is 0. The van der Waals surface area contributed by atoms with Crippen LogP contribution in [0.4, 0.5) is 0 Å². The Balaban J connectivity index is 1.43. The predicted molar refractivity (Wildman–Crippen MR) is 109 cm³/mol. The van der Waals surface area contributed by atoms with Crippen LogP contribution in [-0.4, -0.2) is 42.3 Å². The van der Waals surface area contributed by atoms with Crippen LogP contribution in [-0.2, 0) is 10.0 Å². The molecule has 0 spiro atoms. The zero-order valence-electron chi connectivity index (χ0n) is 14.5. The lowest BCUT2D eigenvalue weighted by molar-refractivity contribution is 0.102. The summed E-state index contributed by atoms with van der Waals surface area (Å²) in [7, 11) is -3.44. The van der Waals surface area contributed by atoms with Crippen LogP contribution in [0.15, 0.2) is 57.8 Å². The standard InChI is InChI=1S/C19H18N2O3S3/c22-17(13-25-19-20-16-5-1-2-6-18(16)26-19)14-7-9-15(10-8-14)27(23,24)21-11-3-4-12-21/h1-2,5-10H,3-4,11-13H2. The second-order valence-corrected chi connectivity index (χ2v) is 10.5. The summed E-state index contributed by atoms with van der Waals surface area (Å²) in [6, 6.07) is 14.1. The first-order valence-corrected chi connectivity index (χ1v) is 11.9. The first-order chi connectivity index (χ1) is 13.0. The van der Waals surface area contributed by atoms with Gasteiger partial charge in [-0.05, 0) is 37.1 Å². The predicted octanol–water partition coefficient (Wildman–Crippen LogP) is 4.06. The molecular formula is C19H18N2O3S3. The molecule has 8 heteroatoms. The Bertz CT molecular complexity index is 1040. The fraction of sp³-hybridized carbons (Fsp3) is 0.263. The van der Waals surface area contributed by atoms with Crippen molar-refractivity contribution >= 4 is 49.1 Å². The van der Waals surface area contributed by atoms with Crippen molar-refractivity contribution in [1.82, 2.24) is 9.29 Å². The monoisotopic (exact) mass is 418 g/mol. The molecular weight excluding hydrogens is 400 g/mol. The molecule has 5 nitrogen and oxygen atoms in total. The molecule has 140 valence electrons. The molecule has 0 N–H and O–H groups in total. The number of hydrogen-bond acceptors (Lipinski definition) is 6. The van der Waals surface area contributed by atoms with Gasteiger partial charge in [0.05, 0.1) is 20.9 Å². The van der Waals surface area contributed by atoms with Gasteiger partial charge in [0.1, 0.15) is 0 Å². The van der Waals surface area contributed by atoms with E-state index >= 15 is 0 Å². The highest BCUT2D eigenvalue weighted by atomic mass is 32.2. The molecule has 27 heavy (non-hydrogen) atoms. The Kier molecular flexibility index (Phi) is 5.32. The molecule has 0 aliphatic carbocycles. The van der Waals surface area contributed by atoms with E-state index in [1.54, 1.807) is 23.5 Å². The van der Waals surface area contributed by atoms with Gasteiger partial charge in [0, 0.05) is 18.7 Å². The van der Waals surface area contributed by atoms with Crippen molar-refractivity contribution in [3.05, 3.63) is 54.1 Å². The average Bonchev–Trinajstić information content (AvgIpc) is 3.36. The van der Waals surface area contributed by atoms with Gasteiger partial charge in [-0.2, -0.15) is 4.31 Å². The molecule has 0 bridgehead atoms. The second-order valence-electron chi connectivity index (χ2n) is 6.29. The number of carbonyl (C=O) groups is 1. The summed E-state index contributed by atoms with van der Waals surface area (Å²) >= 11 is 2.98. The molecule has 3 aromatic rings. The van der Waals surface area contributed by atoms with Crippen LogP contribution in [0.25, 0.3) is 10.2 Å². The largest absolute Gasteiger partial charge is 0.293 e. The van der Waals surface area contributed by atoms with Gasteiger partial charge in [-0.1, -0.05) is 36.0 Å². The van der Waals surface area contributed by atoms with Gasteiger partial charge in [-0.3, -0.25) is 4.79 Å². The van der Waals surface area contributed by atoms with Gasteiger partial charge in [-0.15, -0.1) is 11.3 Å². The number of Topliss-reactive ketones (excluding diaryl/α,β-unsaturated/α-hetero) is 1. The van der Waals surface area contributed by atoms with E-state index in [9.17, 15) is 13.2 Å². The summed E-state index contributed by atoms with van der Waals surface area (Å²) in [6.07, 6.45) is 1.80. The summed E-state index contributed by atoms with van der Waals surface area (Å²) in [6.45, 7) is 1.14. The molecule has 1 fully saturated rings. The van der Waals surface area contributed by atoms with E-state index in [0.29, 0.717) is 18.7 Å². The molecule has 2 aromatic carbocycles. The number of hydrogen-bond donors (Lipinski definition) is 0. The molecule has 1 saturated heterocycles. The Morgan fingerprint density at radius 1 is 1.07 bits per heavy atom. The maximum atomic E-state index is 12.5. The van der Waals surface area contributed by atoms with E-state index < -0.39 is 10.0 Å². The third kappa shape index (κ3) is 3.94. The fourth-order valence-electron chi connectivity index (χ4n) is 3.01. The number of ketones is 1. The summed E-state index contributed by atoms with van der Waals surface area (Å²) in [5.41, 5.74) is 1.46. The second kappa shape index (κ2) is 7.71. The maximum absolute atomic E-state index is 12.5. The van der Waals surface area contributed by atoms with Crippen LogP contribution < -0.4 is 0 Å². The van der Waals surface area contributed by atoms with Gasteiger partial charge >= 0.3 is 0 Å². The molecule has 0 saturated carbocycles. The minimum Gasteiger partial charge on any atom is -0.293 e. The summed E-state index contributed by atoms with van der Waals surface area (Å²) < 4.78 is 28.5. The van der Waals surface area contributed by atoms with Gasteiger partial charge in [0.25, 0.3) is 0 Å². The zero-order valence-corrected chi connectivity index (χ0v) is 16.9. The van der Waals surface area contributed by atoms with Gasteiger partial charge < -0.3 is 0 Å². The maximum Gasteiger partial charge on any atom is 0.243 e. The molecule has 0 radical (unpaired) electrons. The van der Waals surface area contributed by atoms with Crippen molar-refractivity contribution in [3.8, 4) is 0 Å². The Hall–Kier alpha value is -1.74. The number of thioether (sulfide) groups is 1. The first-order valence-electron chi connectivity index (χ1n) is 8.66. The van der Waals surface area contributed by atoms with Gasteiger partial charge in [-0.25, -0.2) is 13.4 Å². The number of rotatable bonds is 6. The molecule has 0 amide bonds. The van der Waals surface area contributed by atoms with Crippen molar-refractivity contribution in [2.75, 3.05) is 18.8 Å². The van der Waals surface area contributed by atoms with Crippen molar-refractivity contribution in [2.24, 2.45) is 0 Å². The van der Waals surface area contributed by atoms with E-state index in [1.807, 2.05) is 24.3 Å². The zero-order chi connectivity index (χ0) is 18.9. The van der Waals surface area contributed by atoms with Crippen LogP contribution in [0.2, 0.25) is 0 Å². The number of para-hydroxylation sites is 1. The Morgan fingerprint density at radius 3 is 2.48 bits per heavy atom. The minimum absolute atomic E-state index is 0.0376. The van der Waals surface area contributed by atoms with Gasteiger partial charge in [0.2, 0.25) is 10.0 Å². The van der Waals surface area contributed by atoms with E-state index in [2.05, 4.69) is 4.98 Å². The minimum atomic E-state index is -3.44. The highest BCUT2D eigenvalue weighted by molar-refractivity contribution is 8.01. The molecule has 0 atom stereocenters. The van der Waals surface area contributed by atoms with Crippen LogP contribution in [0.5, 0.6) is 0 Å². The molecule has 1 aliphatic heterocycles. The van der Waals surface area contributed by atoms with Crippen molar-refractivity contribution in [1.29, 1.82) is 0 Å². The molecule has 1 aromatic heterocycles. The molecule has 2 heterocycles. The quantitative estimate of drug-likeness (QED) is 0.446. The number of sulfonamides is 1. The lowest BCUT2D eigenvalue weighted by Crippen LogP contribution is -2.27. The third-order valence-corrected chi connectivity index (χ3v) is 8.57. The number of carbonyl (C=O) groups excluding carboxylic acids is 1. The van der Waals surface area contributed by atoms with Crippen LogP contribution >= 0.6 is 23.1 Å².